The fourth-order valence-electron chi connectivity index (χ4n) is 2.02. The summed E-state index contributed by atoms with van der Waals surface area (Å²) in [6.07, 6.45) is 0. The Balaban J connectivity index is 0.00000133. The zero-order chi connectivity index (χ0) is 12.4. The Morgan fingerprint density at radius 3 is 2.42 bits per heavy atom. The number of carbonyl (C=O) groups excluding carboxylic acids is 1. The van der Waals surface area contributed by atoms with E-state index in [-0.39, 0.29) is 32.9 Å². The molecule has 0 bridgehead atoms. The standard InChI is InChI=1S/C15H12N2O.Re/c18-14-10-16-15(11-6-2-1-3-7-11)12-8-4-5-9-13(12)17-14;/h1-9H,10H2,(H,16,17,18);/p-1. The maximum atomic E-state index is 11.5. The van der Waals surface area contributed by atoms with Gasteiger partial charge in [-0.05, 0) is 5.56 Å². The molecule has 1 amide bonds. The number of carbonyl (C=O) groups is 1. The molecule has 4 heteroatoms. The summed E-state index contributed by atoms with van der Waals surface area (Å²) in [6, 6.07) is 17.5. The van der Waals surface area contributed by atoms with E-state index in [4.69, 9.17) is 0 Å². The van der Waals surface area contributed by atoms with E-state index in [2.05, 4.69) is 10.3 Å². The molecule has 3 nitrogen and oxygen atoms in total. The summed E-state index contributed by atoms with van der Waals surface area (Å²) >= 11 is 0. The van der Waals surface area contributed by atoms with Gasteiger partial charge in [-0.25, -0.2) is 0 Å². The van der Waals surface area contributed by atoms with Crippen LogP contribution in [0.25, 0.3) is 5.32 Å². The van der Waals surface area contributed by atoms with Gasteiger partial charge >= 0.3 is 0 Å². The SMILES string of the molecule is O=C1CN=C(c2ccccc2)c2ccccc2[N-]1.[Re]. The number of benzodiazepines with no additional fused rings is 1. The topological polar surface area (TPSA) is 43.5 Å². The Morgan fingerprint density at radius 2 is 1.63 bits per heavy atom. The van der Waals surface area contributed by atoms with E-state index in [1.807, 2.05) is 54.6 Å². The second-order valence-corrected chi connectivity index (χ2v) is 4.05. The van der Waals surface area contributed by atoms with Crippen molar-refractivity contribution < 1.29 is 25.2 Å². The van der Waals surface area contributed by atoms with Crippen LogP contribution in [-0.4, -0.2) is 18.2 Å². The normalized spacial score (nSPS) is 13.5. The summed E-state index contributed by atoms with van der Waals surface area (Å²) in [5, 5.41) is 4.06. The summed E-state index contributed by atoms with van der Waals surface area (Å²) < 4.78 is 0. The van der Waals surface area contributed by atoms with Gasteiger partial charge in [0.2, 0.25) is 0 Å². The molecule has 0 N–H and O–H groups in total. The first-order chi connectivity index (χ1) is 8.84. The molecule has 1 aliphatic rings. The molecule has 95 valence electrons. The Bertz CT molecular complexity index is 623. The van der Waals surface area contributed by atoms with Gasteiger partial charge in [-0.3, -0.25) is 4.99 Å². The second-order valence-electron chi connectivity index (χ2n) is 4.05. The molecular weight excluding hydrogens is 410 g/mol. The van der Waals surface area contributed by atoms with E-state index in [1.165, 1.54) is 0 Å². The second kappa shape index (κ2) is 5.92. The van der Waals surface area contributed by atoms with Crippen LogP contribution in [0.2, 0.25) is 0 Å². The molecule has 0 aromatic heterocycles. The smallest absolute Gasteiger partial charge is 0.0813 e. The van der Waals surface area contributed by atoms with E-state index in [0.717, 1.165) is 16.8 Å². The number of para-hydroxylation sites is 1. The molecule has 0 fully saturated rings. The molecule has 19 heavy (non-hydrogen) atoms. The van der Waals surface area contributed by atoms with Gasteiger partial charge in [0.15, 0.2) is 0 Å². The Labute approximate surface area is 125 Å². The van der Waals surface area contributed by atoms with Crippen molar-refractivity contribution in [1.82, 2.24) is 0 Å². The molecule has 0 unspecified atom stereocenters. The van der Waals surface area contributed by atoms with Gasteiger partial charge in [0, 0.05) is 26.0 Å². The van der Waals surface area contributed by atoms with Gasteiger partial charge in [-0.1, -0.05) is 54.6 Å². The number of benzene rings is 2. The average Bonchev–Trinajstić information content (AvgIpc) is 2.58. The molecule has 2 aromatic carbocycles. The van der Waals surface area contributed by atoms with Crippen LogP contribution in [0, 0.1) is 0 Å². The Hall–Kier alpha value is -1.76. The molecule has 0 atom stereocenters. The largest absolute Gasteiger partial charge is 0.625 e. The van der Waals surface area contributed by atoms with Crippen LogP contribution in [0.1, 0.15) is 11.1 Å². The van der Waals surface area contributed by atoms with Crippen LogP contribution in [0.3, 0.4) is 0 Å². The van der Waals surface area contributed by atoms with Gasteiger partial charge in [0.05, 0.1) is 18.2 Å². The first-order valence-electron chi connectivity index (χ1n) is 5.78. The number of nitrogens with zero attached hydrogens (tertiary/aromatic N) is 2. The van der Waals surface area contributed by atoms with Gasteiger partial charge in [0.25, 0.3) is 0 Å². The predicted octanol–water partition coefficient (Wildman–Crippen LogP) is 3.07. The number of amides is 1. The molecule has 0 saturated carbocycles. The maximum absolute atomic E-state index is 11.5. The van der Waals surface area contributed by atoms with Crippen LogP contribution >= 0.6 is 0 Å². The van der Waals surface area contributed by atoms with Crippen LogP contribution in [0.4, 0.5) is 5.69 Å². The number of hydrogen-bond donors (Lipinski definition) is 0. The van der Waals surface area contributed by atoms with Gasteiger partial charge < -0.3 is 10.1 Å². The summed E-state index contributed by atoms with van der Waals surface area (Å²) in [6.45, 7) is 0.110. The molecular formula is C15H11N2ORe-. The first kappa shape index (κ1) is 13.7. The van der Waals surface area contributed by atoms with Crippen LogP contribution < -0.4 is 0 Å². The summed E-state index contributed by atoms with van der Waals surface area (Å²) in [7, 11) is 0. The number of rotatable bonds is 1. The van der Waals surface area contributed by atoms with Crippen LogP contribution in [-0.2, 0) is 25.2 Å². The third-order valence-electron chi connectivity index (χ3n) is 2.82. The number of fused-ring (bicyclic) bond motifs is 1. The van der Waals surface area contributed by atoms with Crippen molar-refractivity contribution in [3.63, 3.8) is 0 Å². The summed E-state index contributed by atoms with van der Waals surface area (Å²) in [5.41, 5.74) is 3.45. The zero-order valence-corrected chi connectivity index (χ0v) is 12.8. The monoisotopic (exact) mass is 422 g/mol. The van der Waals surface area contributed by atoms with Gasteiger partial charge in [0.1, 0.15) is 0 Å². The fourth-order valence-corrected chi connectivity index (χ4v) is 2.02. The molecule has 1 heterocycles. The molecule has 2 aromatic rings. The van der Waals surface area contributed by atoms with Crippen molar-refractivity contribution in [3.8, 4) is 0 Å². The Kier molecular flexibility index (Phi) is 4.26. The fraction of sp³-hybridized carbons (Fsp3) is 0.0667. The predicted molar refractivity (Wildman–Crippen MR) is 71.4 cm³/mol. The van der Waals surface area contributed by atoms with Gasteiger partial charge in [-0.2, -0.15) is 0 Å². The third kappa shape index (κ3) is 2.81. The van der Waals surface area contributed by atoms with E-state index < -0.39 is 0 Å². The van der Waals surface area contributed by atoms with Crippen molar-refractivity contribution >= 4 is 17.3 Å². The van der Waals surface area contributed by atoms with Crippen LogP contribution in [0.5, 0.6) is 0 Å². The first-order valence-corrected chi connectivity index (χ1v) is 5.78. The van der Waals surface area contributed by atoms with Crippen LogP contribution in [0.15, 0.2) is 59.6 Å². The van der Waals surface area contributed by atoms with E-state index >= 15 is 0 Å². The molecule has 0 spiro atoms. The van der Waals surface area contributed by atoms with E-state index in [0.29, 0.717) is 5.69 Å². The molecule has 1 aliphatic heterocycles. The molecule has 1 radical (unpaired) electrons. The van der Waals surface area contributed by atoms with Crippen molar-refractivity contribution in [3.05, 3.63) is 71.0 Å². The van der Waals surface area contributed by atoms with Gasteiger partial charge in [-0.15, -0.1) is 5.69 Å². The van der Waals surface area contributed by atoms with Crippen molar-refractivity contribution in [2.75, 3.05) is 6.54 Å². The Morgan fingerprint density at radius 1 is 0.947 bits per heavy atom. The molecule has 0 saturated heterocycles. The maximum Gasteiger partial charge on any atom is 0.0813 e. The number of hydrogen-bond acceptors (Lipinski definition) is 2. The van der Waals surface area contributed by atoms with Crippen molar-refractivity contribution in [2.24, 2.45) is 4.99 Å². The summed E-state index contributed by atoms with van der Waals surface area (Å²) in [4.78, 5) is 15.9. The van der Waals surface area contributed by atoms with E-state index in [1.54, 1.807) is 0 Å². The minimum atomic E-state index is -0.201. The molecule has 0 aliphatic carbocycles. The zero-order valence-electron chi connectivity index (χ0n) is 10.1. The minimum Gasteiger partial charge on any atom is -0.625 e. The summed E-state index contributed by atoms with van der Waals surface area (Å²) in [5.74, 6) is -0.201. The molecule has 3 rings (SSSR count). The quantitative estimate of drug-likeness (QED) is 0.698. The average molecular weight is 421 g/mol. The van der Waals surface area contributed by atoms with Crippen molar-refractivity contribution in [1.29, 1.82) is 0 Å². The number of aliphatic imine (C=N–C) groups is 1. The van der Waals surface area contributed by atoms with Crippen molar-refractivity contribution in [2.45, 2.75) is 0 Å². The third-order valence-corrected chi connectivity index (χ3v) is 2.82. The van der Waals surface area contributed by atoms with E-state index in [9.17, 15) is 4.79 Å². The minimum absolute atomic E-state index is 0.